The molecule has 4 nitrogen and oxygen atoms in total. The number of rotatable bonds is 6. The van der Waals surface area contributed by atoms with E-state index in [0.717, 1.165) is 12.0 Å². The van der Waals surface area contributed by atoms with E-state index in [4.69, 9.17) is 27.9 Å². The number of carbonyl (C=O) groups is 1. The van der Waals surface area contributed by atoms with Crippen LogP contribution in [0.3, 0.4) is 0 Å². The highest BCUT2D eigenvalue weighted by Crippen LogP contribution is 2.34. The quantitative estimate of drug-likeness (QED) is 0.524. The molecule has 0 aliphatic heterocycles. The van der Waals surface area contributed by atoms with Gasteiger partial charge < -0.3 is 10.1 Å². The number of nitriles is 1. The van der Waals surface area contributed by atoms with Gasteiger partial charge in [0.15, 0.2) is 0 Å². The van der Waals surface area contributed by atoms with E-state index in [9.17, 15) is 10.1 Å². The van der Waals surface area contributed by atoms with E-state index < -0.39 is 5.91 Å². The highest BCUT2D eigenvalue weighted by atomic mass is 35.5. The van der Waals surface area contributed by atoms with Crippen LogP contribution in [0, 0.1) is 11.3 Å². The summed E-state index contributed by atoms with van der Waals surface area (Å²) in [6.07, 6.45) is 2.33. The molecular weight excluding hydrogens is 371 g/mol. The first kappa shape index (κ1) is 19.8. The number of hydrogen-bond donors (Lipinski definition) is 1. The molecule has 0 spiro atoms. The Hall–Kier alpha value is -2.48. The van der Waals surface area contributed by atoms with Crippen molar-refractivity contribution >= 4 is 40.9 Å². The van der Waals surface area contributed by atoms with Gasteiger partial charge in [0.2, 0.25) is 0 Å². The molecule has 0 fully saturated rings. The maximum absolute atomic E-state index is 12.4. The average molecular weight is 389 g/mol. The Kier molecular flexibility index (Phi) is 7.08. The van der Waals surface area contributed by atoms with Crippen molar-refractivity contribution in [3.05, 3.63) is 63.1 Å². The molecule has 134 valence electrons. The molecule has 0 aromatic heterocycles. The van der Waals surface area contributed by atoms with Gasteiger partial charge in [-0.25, -0.2) is 0 Å². The largest absolute Gasteiger partial charge is 0.492 e. The summed E-state index contributed by atoms with van der Waals surface area (Å²) in [5.74, 6) is -0.137. The van der Waals surface area contributed by atoms with Crippen LogP contribution in [0.1, 0.15) is 25.0 Å². The van der Waals surface area contributed by atoms with Crippen molar-refractivity contribution in [2.75, 3.05) is 11.9 Å². The minimum atomic E-state index is -0.518. The normalized spacial score (nSPS) is 11.0. The van der Waals surface area contributed by atoms with Gasteiger partial charge in [-0.05, 0) is 49.2 Å². The predicted molar refractivity (Wildman–Crippen MR) is 106 cm³/mol. The van der Waals surface area contributed by atoms with E-state index in [1.54, 1.807) is 24.3 Å². The van der Waals surface area contributed by atoms with Crippen LogP contribution in [0.5, 0.6) is 5.75 Å². The zero-order valence-electron chi connectivity index (χ0n) is 14.5. The van der Waals surface area contributed by atoms with Gasteiger partial charge >= 0.3 is 0 Å². The summed E-state index contributed by atoms with van der Waals surface area (Å²) < 4.78 is 5.52. The fourth-order valence-corrected chi connectivity index (χ4v) is 2.87. The average Bonchev–Trinajstić information content (AvgIpc) is 2.62. The molecule has 2 rings (SSSR count). The standard InChI is InChI=1S/C20H18Cl2N2O2/c1-3-13-5-7-17(8-6-13)24-20(25)15(12-23)9-14-10-16(21)11-18(22)19(14)26-4-2/h5-11H,3-4H2,1-2H3,(H,24,25)/b15-9+. The molecule has 0 saturated heterocycles. The number of benzene rings is 2. The molecule has 1 amide bonds. The summed E-state index contributed by atoms with van der Waals surface area (Å²) in [5, 5.41) is 12.8. The Morgan fingerprint density at radius 1 is 1.23 bits per heavy atom. The molecule has 0 aliphatic carbocycles. The number of nitrogens with zero attached hydrogens (tertiary/aromatic N) is 1. The molecule has 0 saturated carbocycles. The second-order valence-corrected chi connectivity index (χ2v) is 6.26. The summed E-state index contributed by atoms with van der Waals surface area (Å²) in [7, 11) is 0. The minimum Gasteiger partial charge on any atom is -0.492 e. The van der Waals surface area contributed by atoms with Gasteiger partial charge in [-0.3, -0.25) is 4.79 Å². The van der Waals surface area contributed by atoms with E-state index in [-0.39, 0.29) is 5.57 Å². The zero-order valence-corrected chi connectivity index (χ0v) is 16.0. The lowest BCUT2D eigenvalue weighted by atomic mass is 10.1. The first-order valence-corrected chi connectivity index (χ1v) is 8.88. The van der Waals surface area contributed by atoms with Crippen LogP contribution in [0.25, 0.3) is 6.08 Å². The smallest absolute Gasteiger partial charge is 0.266 e. The number of carbonyl (C=O) groups excluding carboxylic acids is 1. The number of hydrogen-bond acceptors (Lipinski definition) is 3. The van der Waals surface area contributed by atoms with Gasteiger partial charge in [-0.15, -0.1) is 0 Å². The lowest BCUT2D eigenvalue weighted by molar-refractivity contribution is -0.112. The predicted octanol–water partition coefficient (Wildman–Crippen LogP) is 5.50. The van der Waals surface area contributed by atoms with Crippen LogP contribution >= 0.6 is 23.2 Å². The molecule has 0 atom stereocenters. The summed E-state index contributed by atoms with van der Waals surface area (Å²) >= 11 is 12.2. The van der Waals surface area contributed by atoms with Gasteiger partial charge in [0.1, 0.15) is 17.4 Å². The third kappa shape index (κ3) is 5.01. The van der Waals surface area contributed by atoms with E-state index >= 15 is 0 Å². The zero-order chi connectivity index (χ0) is 19.1. The first-order valence-electron chi connectivity index (χ1n) is 8.12. The van der Waals surface area contributed by atoms with E-state index in [1.165, 1.54) is 6.08 Å². The molecular formula is C20H18Cl2N2O2. The van der Waals surface area contributed by atoms with Gasteiger partial charge in [0.25, 0.3) is 5.91 Å². The summed E-state index contributed by atoms with van der Waals surface area (Å²) in [6.45, 7) is 4.26. The highest BCUT2D eigenvalue weighted by Gasteiger charge is 2.14. The number of nitrogens with one attached hydrogen (secondary N) is 1. The fourth-order valence-electron chi connectivity index (χ4n) is 2.31. The van der Waals surface area contributed by atoms with Crippen molar-refractivity contribution in [3.8, 4) is 11.8 Å². The molecule has 0 heterocycles. The Labute approximate surface area is 163 Å². The highest BCUT2D eigenvalue weighted by molar-refractivity contribution is 6.36. The Bertz CT molecular complexity index is 869. The molecule has 2 aromatic carbocycles. The van der Waals surface area contributed by atoms with Crippen LogP contribution in [0.2, 0.25) is 10.0 Å². The van der Waals surface area contributed by atoms with Crippen LogP contribution < -0.4 is 10.1 Å². The van der Waals surface area contributed by atoms with Gasteiger partial charge in [0, 0.05) is 16.3 Å². The third-order valence-electron chi connectivity index (χ3n) is 3.61. The number of halogens is 2. The fraction of sp³-hybridized carbons (Fsp3) is 0.200. The third-order valence-corrected chi connectivity index (χ3v) is 4.11. The number of ether oxygens (including phenoxy) is 1. The second kappa shape index (κ2) is 9.28. The number of amides is 1. The van der Waals surface area contributed by atoms with Gasteiger partial charge in [-0.2, -0.15) is 5.26 Å². The first-order chi connectivity index (χ1) is 12.5. The Morgan fingerprint density at radius 2 is 1.92 bits per heavy atom. The van der Waals surface area contributed by atoms with E-state index in [0.29, 0.717) is 33.7 Å². The molecule has 0 radical (unpaired) electrons. The second-order valence-electron chi connectivity index (χ2n) is 5.41. The van der Waals surface area contributed by atoms with Crippen LogP contribution in [0.4, 0.5) is 5.69 Å². The number of anilines is 1. The Balaban J connectivity index is 2.32. The molecule has 26 heavy (non-hydrogen) atoms. The lowest BCUT2D eigenvalue weighted by Gasteiger charge is -2.11. The van der Waals surface area contributed by atoms with Crippen molar-refractivity contribution < 1.29 is 9.53 Å². The molecule has 0 unspecified atom stereocenters. The maximum atomic E-state index is 12.4. The Morgan fingerprint density at radius 3 is 2.50 bits per heavy atom. The molecule has 2 aromatic rings. The lowest BCUT2D eigenvalue weighted by Crippen LogP contribution is -2.13. The van der Waals surface area contributed by atoms with Gasteiger partial charge in [-0.1, -0.05) is 42.3 Å². The summed E-state index contributed by atoms with van der Waals surface area (Å²) in [4.78, 5) is 12.4. The number of aryl methyl sites for hydroxylation is 1. The summed E-state index contributed by atoms with van der Waals surface area (Å²) in [6, 6.07) is 12.5. The van der Waals surface area contributed by atoms with Crippen molar-refractivity contribution in [1.29, 1.82) is 5.26 Å². The summed E-state index contributed by atoms with van der Waals surface area (Å²) in [5.41, 5.74) is 2.16. The van der Waals surface area contributed by atoms with E-state index in [2.05, 4.69) is 12.2 Å². The van der Waals surface area contributed by atoms with Crippen molar-refractivity contribution in [1.82, 2.24) is 0 Å². The molecule has 1 N–H and O–H groups in total. The molecule has 0 aliphatic rings. The maximum Gasteiger partial charge on any atom is 0.266 e. The van der Waals surface area contributed by atoms with Crippen LogP contribution in [-0.2, 0) is 11.2 Å². The van der Waals surface area contributed by atoms with Crippen LogP contribution in [0.15, 0.2) is 42.0 Å². The van der Waals surface area contributed by atoms with Gasteiger partial charge in [0.05, 0.1) is 11.6 Å². The van der Waals surface area contributed by atoms with Crippen molar-refractivity contribution in [2.24, 2.45) is 0 Å². The molecule has 6 heteroatoms. The topological polar surface area (TPSA) is 62.1 Å². The van der Waals surface area contributed by atoms with Crippen molar-refractivity contribution in [3.63, 3.8) is 0 Å². The SMILES string of the molecule is CCOc1c(Cl)cc(Cl)cc1/C=C(\C#N)C(=O)Nc1ccc(CC)cc1. The minimum absolute atomic E-state index is 0.0798. The van der Waals surface area contributed by atoms with Crippen molar-refractivity contribution in [2.45, 2.75) is 20.3 Å². The molecule has 0 bridgehead atoms. The monoisotopic (exact) mass is 388 g/mol. The van der Waals surface area contributed by atoms with Crippen LogP contribution in [-0.4, -0.2) is 12.5 Å². The van der Waals surface area contributed by atoms with E-state index in [1.807, 2.05) is 25.1 Å².